The molecule has 0 amide bonds. The Labute approximate surface area is 158 Å². The molecule has 0 aliphatic carbocycles. The number of nitrogens with zero attached hydrogens (tertiary/aromatic N) is 2. The monoisotopic (exact) mass is 377 g/mol. The molecule has 0 aliphatic heterocycles. The second-order valence-corrected chi connectivity index (χ2v) is 6.03. The highest BCUT2D eigenvalue weighted by Crippen LogP contribution is 2.18. The van der Waals surface area contributed by atoms with E-state index in [4.69, 9.17) is 9.15 Å². The van der Waals surface area contributed by atoms with E-state index in [1.54, 1.807) is 36.5 Å². The van der Waals surface area contributed by atoms with Crippen molar-refractivity contribution in [2.75, 3.05) is 6.61 Å². The lowest BCUT2D eigenvalue weighted by Gasteiger charge is -2.03. The molecule has 140 valence electrons. The molecule has 0 fully saturated rings. The second-order valence-electron chi connectivity index (χ2n) is 6.03. The minimum atomic E-state index is -0.779. The number of nitrogens with one attached hydrogen (secondary N) is 1. The summed E-state index contributed by atoms with van der Waals surface area (Å²) in [7, 11) is 0. The third-order valence-corrected chi connectivity index (χ3v) is 4.16. The summed E-state index contributed by atoms with van der Waals surface area (Å²) in [6.45, 7) is -0.880. The number of esters is 1. The maximum absolute atomic E-state index is 12.3. The SMILES string of the molecule is O=C(Cn1nc(-c2ccccc2)oc1=O)OCC(=O)c1c[nH]c2ccccc12. The van der Waals surface area contributed by atoms with Gasteiger partial charge in [-0.3, -0.25) is 9.59 Å². The second kappa shape index (κ2) is 7.36. The summed E-state index contributed by atoms with van der Waals surface area (Å²) >= 11 is 0. The predicted molar refractivity (Wildman–Crippen MR) is 99.8 cm³/mol. The van der Waals surface area contributed by atoms with E-state index in [0.717, 1.165) is 15.6 Å². The van der Waals surface area contributed by atoms with Gasteiger partial charge in [0.2, 0.25) is 11.7 Å². The lowest BCUT2D eigenvalue weighted by atomic mass is 10.1. The van der Waals surface area contributed by atoms with Crippen LogP contribution < -0.4 is 5.76 Å². The molecular weight excluding hydrogens is 362 g/mol. The number of ketones is 1. The number of H-pyrrole nitrogens is 1. The molecule has 1 N–H and O–H groups in total. The number of Topliss-reactive ketones (excluding diaryl/α,β-unsaturated/α-hetero) is 1. The molecule has 4 rings (SSSR count). The Kier molecular flexibility index (Phi) is 4.59. The zero-order chi connectivity index (χ0) is 19.5. The Hall–Kier alpha value is -3.94. The Balaban J connectivity index is 1.40. The van der Waals surface area contributed by atoms with Crippen LogP contribution in [0.4, 0.5) is 0 Å². The highest BCUT2D eigenvalue weighted by Gasteiger charge is 2.17. The number of ether oxygens (including phenoxy) is 1. The van der Waals surface area contributed by atoms with Crippen molar-refractivity contribution in [2.24, 2.45) is 0 Å². The number of aromatic amines is 1. The molecule has 28 heavy (non-hydrogen) atoms. The van der Waals surface area contributed by atoms with E-state index in [9.17, 15) is 14.4 Å². The smallest absolute Gasteiger partial charge is 0.437 e. The Morgan fingerprint density at radius 3 is 2.64 bits per heavy atom. The Morgan fingerprint density at radius 2 is 1.82 bits per heavy atom. The largest absolute Gasteiger partial charge is 0.456 e. The first-order valence-corrected chi connectivity index (χ1v) is 8.50. The molecule has 0 spiro atoms. The lowest BCUT2D eigenvalue weighted by molar-refractivity contribution is -0.143. The van der Waals surface area contributed by atoms with Crippen LogP contribution >= 0.6 is 0 Å². The summed E-state index contributed by atoms with van der Waals surface area (Å²) in [6, 6.07) is 16.2. The molecule has 0 unspecified atom stereocenters. The van der Waals surface area contributed by atoms with Crippen molar-refractivity contribution in [1.82, 2.24) is 14.8 Å². The van der Waals surface area contributed by atoms with Gasteiger partial charge in [-0.15, -0.1) is 5.10 Å². The number of hydrogen-bond donors (Lipinski definition) is 1. The van der Waals surface area contributed by atoms with Crippen molar-refractivity contribution >= 4 is 22.7 Å². The maximum Gasteiger partial charge on any atom is 0.437 e. The van der Waals surface area contributed by atoms with Crippen molar-refractivity contribution in [2.45, 2.75) is 6.54 Å². The van der Waals surface area contributed by atoms with Crippen LogP contribution in [0.3, 0.4) is 0 Å². The molecule has 4 aromatic rings. The number of benzene rings is 2. The van der Waals surface area contributed by atoms with Crippen LogP contribution in [0.15, 0.2) is 70.0 Å². The molecule has 2 heterocycles. The number of carbonyl (C=O) groups excluding carboxylic acids is 2. The summed E-state index contributed by atoms with van der Waals surface area (Å²) in [5.74, 6) is -1.78. The molecule has 2 aromatic heterocycles. The van der Waals surface area contributed by atoms with Gasteiger partial charge in [-0.2, -0.15) is 4.68 Å². The van der Waals surface area contributed by atoms with E-state index in [2.05, 4.69) is 10.1 Å². The van der Waals surface area contributed by atoms with Gasteiger partial charge in [-0.05, 0) is 18.2 Å². The van der Waals surface area contributed by atoms with Crippen LogP contribution in [0, 0.1) is 0 Å². The highest BCUT2D eigenvalue weighted by atomic mass is 16.5. The fourth-order valence-electron chi connectivity index (χ4n) is 2.80. The van der Waals surface area contributed by atoms with Gasteiger partial charge >= 0.3 is 11.7 Å². The van der Waals surface area contributed by atoms with Crippen LogP contribution in [0.2, 0.25) is 0 Å². The number of rotatable bonds is 6. The normalized spacial score (nSPS) is 10.9. The van der Waals surface area contributed by atoms with Gasteiger partial charge in [-0.25, -0.2) is 4.79 Å². The van der Waals surface area contributed by atoms with Gasteiger partial charge < -0.3 is 14.1 Å². The summed E-state index contributed by atoms with van der Waals surface area (Å²) in [4.78, 5) is 39.2. The Morgan fingerprint density at radius 1 is 1.07 bits per heavy atom. The minimum absolute atomic E-state index is 0.105. The molecular formula is C20H15N3O5. The first-order chi connectivity index (χ1) is 13.6. The quantitative estimate of drug-likeness (QED) is 0.408. The van der Waals surface area contributed by atoms with E-state index >= 15 is 0 Å². The first kappa shape index (κ1) is 17.5. The van der Waals surface area contributed by atoms with Crippen LogP contribution in [0.1, 0.15) is 10.4 Å². The average molecular weight is 377 g/mol. The molecule has 0 aliphatic rings. The summed E-state index contributed by atoms with van der Waals surface area (Å²) in [5.41, 5.74) is 1.87. The van der Waals surface area contributed by atoms with Crippen molar-refractivity contribution < 1.29 is 18.7 Å². The fourth-order valence-corrected chi connectivity index (χ4v) is 2.80. The van der Waals surface area contributed by atoms with E-state index < -0.39 is 24.9 Å². The summed E-state index contributed by atoms with van der Waals surface area (Å²) in [5, 5.41) is 4.74. The molecule has 0 saturated carbocycles. The van der Waals surface area contributed by atoms with Gasteiger partial charge in [-0.1, -0.05) is 36.4 Å². The lowest BCUT2D eigenvalue weighted by Crippen LogP contribution is -2.24. The molecule has 0 radical (unpaired) electrons. The van der Waals surface area contributed by atoms with Crippen LogP contribution in [-0.2, 0) is 16.1 Å². The molecule has 2 aromatic carbocycles. The predicted octanol–water partition coefficient (Wildman–Crippen LogP) is 2.41. The van der Waals surface area contributed by atoms with E-state index in [0.29, 0.717) is 11.1 Å². The van der Waals surface area contributed by atoms with Crippen LogP contribution in [0.25, 0.3) is 22.4 Å². The topological polar surface area (TPSA) is 107 Å². The van der Waals surface area contributed by atoms with E-state index in [-0.39, 0.29) is 11.7 Å². The molecule has 0 bridgehead atoms. The maximum atomic E-state index is 12.3. The van der Waals surface area contributed by atoms with Gasteiger partial charge in [0.25, 0.3) is 0 Å². The highest BCUT2D eigenvalue weighted by molar-refractivity contribution is 6.08. The van der Waals surface area contributed by atoms with Crippen LogP contribution in [-0.4, -0.2) is 33.1 Å². The van der Waals surface area contributed by atoms with Gasteiger partial charge in [0, 0.05) is 28.2 Å². The third kappa shape index (κ3) is 3.48. The molecule has 0 saturated heterocycles. The number of aromatic nitrogens is 3. The number of carbonyl (C=O) groups is 2. The van der Waals surface area contributed by atoms with Gasteiger partial charge in [0.15, 0.2) is 6.61 Å². The number of fused-ring (bicyclic) bond motifs is 1. The van der Waals surface area contributed by atoms with Gasteiger partial charge in [0.05, 0.1) is 0 Å². The zero-order valence-electron chi connectivity index (χ0n) is 14.6. The number of hydrogen-bond acceptors (Lipinski definition) is 6. The van der Waals surface area contributed by atoms with Crippen molar-refractivity contribution in [3.05, 3.63) is 76.9 Å². The van der Waals surface area contributed by atoms with Crippen molar-refractivity contribution in [3.8, 4) is 11.5 Å². The van der Waals surface area contributed by atoms with Crippen molar-refractivity contribution in [3.63, 3.8) is 0 Å². The summed E-state index contributed by atoms with van der Waals surface area (Å²) in [6.07, 6.45) is 1.58. The number of para-hydroxylation sites is 1. The fraction of sp³-hybridized carbons (Fsp3) is 0.100. The minimum Gasteiger partial charge on any atom is -0.456 e. The Bertz CT molecular complexity index is 1200. The van der Waals surface area contributed by atoms with E-state index in [1.165, 1.54) is 0 Å². The van der Waals surface area contributed by atoms with Crippen LogP contribution in [0.5, 0.6) is 0 Å². The summed E-state index contributed by atoms with van der Waals surface area (Å²) < 4.78 is 10.9. The van der Waals surface area contributed by atoms with E-state index in [1.807, 2.05) is 24.3 Å². The zero-order valence-corrected chi connectivity index (χ0v) is 14.6. The van der Waals surface area contributed by atoms with Crippen molar-refractivity contribution in [1.29, 1.82) is 0 Å². The van der Waals surface area contributed by atoms with Gasteiger partial charge in [0.1, 0.15) is 6.54 Å². The average Bonchev–Trinajstić information content (AvgIpc) is 3.31. The molecule has 8 nitrogen and oxygen atoms in total. The molecule has 0 atom stereocenters. The standard InChI is InChI=1S/C20H15N3O5/c24-17(15-10-21-16-9-5-4-8-14(15)16)12-27-18(25)11-23-20(26)28-19(22-23)13-6-2-1-3-7-13/h1-10,21H,11-12H2. The molecule has 8 heteroatoms. The third-order valence-electron chi connectivity index (χ3n) is 4.16. The first-order valence-electron chi connectivity index (χ1n) is 8.50.